The average Bonchev–Trinajstić information content (AvgIpc) is 2.28. The molecule has 0 spiro atoms. The topological polar surface area (TPSA) is 64.4 Å². The molecule has 18 heavy (non-hydrogen) atoms. The maximum absolute atomic E-state index is 10.8. The molecule has 5 nitrogen and oxygen atoms in total. The summed E-state index contributed by atoms with van der Waals surface area (Å²) in [6.07, 6.45) is 2.23. The molecule has 0 saturated heterocycles. The lowest BCUT2D eigenvalue weighted by Gasteiger charge is -2.35. The van der Waals surface area contributed by atoms with Gasteiger partial charge in [-0.05, 0) is 45.3 Å². The van der Waals surface area contributed by atoms with E-state index < -0.39 is 0 Å². The van der Waals surface area contributed by atoms with Gasteiger partial charge in [0.2, 0.25) is 0 Å². The lowest BCUT2D eigenvalue weighted by Crippen LogP contribution is -2.38. The van der Waals surface area contributed by atoms with Gasteiger partial charge in [-0.3, -0.25) is 10.1 Å². The van der Waals surface area contributed by atoms with Gasteiger partial charge in [-0.1, -0.05) is 6.07 Å². The first-order valence-electron chi connectivity index (χ1n) is 6.17. The lowest BCUT2D eigenvalue weighted by atomic mass is 9.82. The van der Waals surface area contributed by atoms with Gasteiger partial charge in [-0.2, -0.15) is 0 Å². The molecule has 1 saturated carbocycles. The first-order chi connectivity index (χ1) is 8.61. The van der Waals surface area contributed by atoms with E-state index in [1.807, 2.05) is 7.05 Å². The van der Waals surface area contributed by atoms with Crippen molar-refractivity contribution in [2.75, 3.05) is 13.6 Å². The van der Waals surface area contributed by atoms with Gasteiger partial charge in [0.25, 0.3) is 5.69 Å². The molecule has 0 atom stereocenters. The second-order valence-electron chi connectivity index (χ2n) is 4.79. The normalized spacial score (nSPS) is 22.3. The molecule has 0 aromatic heterocycles. The second kappa shape index (κ2) is 5.35. The summed E-state index contributed by atoms with van der Waals surface area (Å²) in [5.74, 6) is 1.30. The van der Waals surface area contributed by atoms with Crippen LogP contribution in [0.2, 0.25) is 0 Å². The van der Waals surface area contributed by atoms with E-state index in [1.165, 1.54) is 6.07 Å². The Balaban J connectivity index is 1.99. The first kappa shape index (κ1) is 12.8. The van der Waals surface area contributed by atoms with Crippen LogP contribution in [0.4, 0.5) is 5.69 Å². The Labute approximate surface area is 106 Å². The fourth-order valence-corrected chi connectivity index (χ4v) is 2.33. The van der Waals surface area contributed by atoms with E-state index in [1.54, 1.807) is 19.1 Å². The highest BCUT2D eigenvalue weighted by molar-refractivity contribution is 5.48. The van der Waals surface area contributed by atoms with Crippen LogP contribution in [0.15, 0.2) is 18.2 Å². The van der Waals surface area contributed by atoms with Crippen molar-refractivity contribution in [2.45, 2.75) is 25.9 Å². The second-order valence-corrected chi connectivity index (χ2v) is 4.79. The molecule has 0 radical (unpaired) electrons. The van der Waals surface area contributed by atoms with Gasteiger partial charge < -0.3 is 10.1 Å². The van der Waals surface area contributed by atoms with Crippen molar-refractivity contribution in [3.05, 3.63) is 33.9 Å². The highest BCUT2D eigenvalue weighted by Crippen LogP contribution is 2.34. The molecule has 1 N–H and O–H groups in total. The van der Waals surface area contributed by atoms with Gasteiger partial charge in [0.1, 0.15) is 5.75 Å². The SMILES string of the molecule is CNCC1CC(Oc2cccc([N+](=O)[O-])c2C)C1. The summed E-state index contributed by atoms with van der Waals surface area (Å²) in [6, 6.07) is 4.98. The third-order valence-electron chi connectivity index (χ3n) is 3.43. The van der Waals surface area contributed by atoms with Crippen molar-refractivity contribution in [3.63, 3.8) is 0 Å². The third-order valence-corrected chi connectivity index (χ3v) is 3.43. The summed E-state index contributed by atoms with van der Waals surface area (Å²) in [7, 11) is 1.94. The van der Waals surface area contributed by atoms with Crippen LogP contribution in [0.25, 0.3) is 0 Å². The zero-order valence-electron chi connectivity index (χ0n) is 10.7. The summed E-state index contributed by atoms with van der Waals surface area (Å²) >= 11 is 0. The predicted octanol–water partition coefficient (Wildman–Crippen LogP) is 2.28. The molecule has 0 unspecified atom stereocenters. The molecule has 98 valence electrons. The molecular formula is C13H18N2O3. The predicted molar refractivity (Wildman–Crippen MR) is 68.9 cm³/mol. The van der Waals surface area contributed by atoms with Gasteiger partial charge >= 0.3 is 0 Å². The molecule has 5 heteroatoms. The third kappa shape index (κ3) is 2.61. The molecule has 0 heterocycles. The van der Waals surface area contributed by atoms with Crippen LogP contribution in [0.5, 0.6) is 5.75 Å². The maximum Gasteiger partial charge on any atom is 0.276 e. The Bertz CT molecular complexity index is 442. The number of ether oxygens (including phenoxy) is 1. The number of nitrogens with zero attached hydrogens (tertiary/aromatic N) is 1. The van der Waals surface area contributed by atoms with Crippen molar-refractivity contribution >= 4 is 5.69 Å². The molecule has 1 aromatic carbocycles. The van der Waals surface area contributed by atoms with Crippen LogP contribution < -0.4 is 10.1 Å². The minimum absolute atomic E-state index is 0.124. The van der Waals surface area contributed by atoms with Gasteiger partial charge in [0.15, 0.2) is 0 Å². The van der Waals surface area contributed by atoms with Crippen LogP contribution >= 0.6 is 0 Å². The molecule has 1 aromatic rings. The Morgan fingerprint density at radius 1 is 1.50 bits per heavy atom. The van der Waals surface area contributed by atoms with E-state index >= 15 is 0 Å². The summed E-state index contributed by atoms with van der Waals surface area (Å²) < 4.78 is 5.82. The standard InChI is InChI=1S/C13H18N2O3/c1-9-12(15(16)17)4-3-5-13(9)18-11-6-10(7-11)8-14-2/h3-5,10-11,14H,6-8H2,1-2H3. The zero-order chi connectivity index (χ0) is 13.1. The Kier molecular flexibility index (Phi) is 3.81. The quantitative estimate of drug-likeness (QED) is 0.643. The highest BCUT2D eigenvalue weighted by atomic mass is 16.6. The van der Waals surface area contributed by atoms with Crippen LogP contribution in [0.1, 0.15) is 18.4 Å². The Morgan fingerprint density at radius 2 is 2.22 bits per heavy atom. The van der Waals surface area contributed by atoms with E-state index in [2.05, 4.69) is 5.32 Å². The number of benzene rings is 1. The molecule has 1 aliphatic carbocycles. The van der Waals surface area contributed by atoms with Crippen molar-refractivity contribution < 1.29 is 9.66 Å². The highest BCUT2D eigenvalue weighted by Gasteiger charge is 2.31. The molecular weight excluding hydrogens is 232 g/mol. The Hall–Kier alpha value is -1.62. The summed E-state index contributed by atoms with van der Waals surface area (Å²) in [5, 5.41) is 14.0. The summed E-state index contributed by atoms with van der Waals surface area (Å²) in [6.45, 7) is 2.74. The molecule has 2 rings (SSSR count). The van der Waals surface area contributed by atoms with Crippen LogP contribution in [0.3, 0.4) is 0 Å². The summed E-state index contributed by atoms with van der Waals surface area (Å²) in [4.78, 5) is 10.5. The maximum atomic E-state index is 10.8. The van der Waals surface area contributed by atoms with Crippen molar-refractivity contribution in [2.24, 2.45) is 5.92 Å². The molecule has 0 aliphatic heterocycles. The van der Waals surface area contributed by atoms with E-state index in [4.69, 9.17) is 4.74 Å². The number of hydrogen-bond acceptors (Lipinski definition) is 4. The van der Waals surface area contributed by atoms with Gasteiger partial charge in [0.05, 0.1) is 16.6 Å². The van der Waals surface area contributed by atoms with Gasteiger partial charge in [-0.15, -0.1) is 0 Å². The van der Waals surface area contributed by atoms with E-state index in [0.29, 0.717) is 17.2 Å². The largest absolute Gasteiger partial charge is 0.490 e. The van der Waals surface area contributed by atoms with Crippen molar-refractivity contribution in [1.82, 2.24) is 5.32 Å². The minimum atomic E-state index is -0.368. The smallest absolute Gasteiger partial charge is 0.276 e. The fourth-order valence-electron chi connectivity index (χ4n) is 2.33. The fraction of sp³-hybridized carbons (Fsp3) is 0.538. The lowest BCUT2D eigenvalue weighted by molar-refractivity contribution is -0.385. The first-order valence-corrected chi connectivity index (χ1v) is 6.17. The molecule has 1 aliphatic rings. The minimum Gasteiger partial charge on any atom is -0.490 e. The number of rotatable bonds is 5. The summed E-state index contributed by atoms with van der Waals surface area (Å²) in [5.41, 5.74) is 0.734. The molecule has 1 fully saturated rings. The number of nitrogens with one attached hydrogen (secondary N) is 1. The number of nitro groups is 1. The number of nitro benzene ring substituents is 1. The average molecular weight is 250 g/mol. The number of hydrogen-bond donors (Lipinski definition) is 1. The van der Waals surface area contributed by atoms with Crippen LogP contribution in [-0.4, -0.2) is 24.6 Å². The van der Waals surface area contributed by atoms with E-state index in [9.17, 15) is 10.1 Å². The van der Waals surface area contributed by atoms with Crippen molar-refractivity contribution in [1.29, 1.82) is 0 Å². The molecule has 0 amide bonds. The van der Waals surface area contributed by atoms with Gasteiger partial charge in [0, 0.05) is 6.07 Å². The zero-order valence-corrected chi connectivity index (χ0v) is 10.7. The Morgan fingerprint density at radius 3 is 2.83 bits per heavy atom. The van der Waals surface area contributed by atoms with E-state index in [-0.39, 0.29) is 16.7 Å². The van der Waals surface area contributed by atoms with Crippen LogP contribution in [-0.2, 0) is 0 Å². The monoisotopic (exact) mass is 250 g/mol. The van der Waals surface area contributed by atoms with Crippen molar-refractivity contribution in [3.8, 4) is 5.75 Å². The van der Waals surface area contributed by atoms with Gasteiger partial charge in [-0.25, -0.2) is 0 Å². The van der Waals surface area contributed by atoms with E-state index in [0.717, 1.165) is 19.4 Å². The molecule has 0 bridgehead atoms. The van der Waals surface area contributed by atoms with Crippen LogP contribution in [0, 0.1) is 23.0 Å².